The topological polar surface area (TPSA) is 77.2 Å². The molecule has 0 atom stereocenters. The van der Waals surface area contributed by atoms with E-state index in [4.69, 9.17) is 9.15 Å². The third-order valence-corrected chi connectivity index (χ3v) is 3.83. The van der Waals surface area contributed by atoms with Crippen LogP contribution in [0.25, 0.3) is 0 Å². The fourth-order valence-electron chi connectivity index (χ4n) is 2.40. The molecule has 0 spiro atoms. The minimum Gasteiger partial charge on any atom is -0.460 e. The summed E-state index contributed by atoms with van der Waals surface area (Å²) in [6, 6.07) is 7.69. The summed E-state index contributed by atoms with van der Waals surface area (Å²) in [5.74, 6) is 6.08. The molecule has 0 aliphatic carbocycles. The first-order chi connectivity index (χ1) is 14.4. The number of hydrogen-bond acceptors (Lipinski definition) is 6. The second kappa shape index (κ2) is 9.13. The van der Waals surface area contributed by atoms with E-state index in [0.29, 0.717) is 22.7 Å². The molecule has 0 saturated heterocycles. The second-order valence-electron chi connectivity index (χ2n) is 5.95. The highest BCUT2D eigenvalue weighted by Crippen LogP contribution is 2.29. The third kappa shape index (κ3) is 5.38. The number of benzene rings is 1. The number of nitrogens with zero attached hydrogens (tertiary/aromatic N) is 2. The molecule has 6 nitrogen and oxygen atoms in total. The fourth-order valence-corrected chi connectivity index (χ4v) is 2.40. The number of nitrogens with one attached hydrogen (secondary N) is 1. The van der Waals surface area contributed by atoms with Crippen molar-refractivity contribution in [3.8, 4) is 11.8 Å². The van der Waals surface area contributed by atoms with E-state index in [0.717, 1.165) is 12.1 Å². The lowest BCUT2D eigenvalue weighted by atomic mass is 10.1. The van der Waals surface area contributed by atoms with E-state index in [1.807, 2.05) is 0 Å². The summed E-state index contributed by atoms with van der Waals surface area (Å²) >= 11 is 0. The Hall–Kier alpha value is -3.80. The first-order valence-corrected chi connectivity index (χ1v) is 8.86. The number of hydrogen-bond donors (Lipinski definition) is 1. The van der Waals surface area contributed by atoms with Gasteiger partial charge in [-0.15, -0.1) is 0 Å². The monoisotopic (exact) mass is 415 g/mol. The molecule has 2 aromatic heterocycles. The van der Waals surface area contributed by atoms with Crippen LogP contribution in [0, 0.1) is 11.8 Å². The Kier molecular flexibility index (Phi) is 6.37. The largest absolute Gasteiger partial charge is 0.460 e. The number of ether oxygens (including phenoxy) is 1. The number of furan rings is 1. The van der Waals surface area contributed by atoms with Crippen LogP contribution in [0.15, 0.2) is 53.3 Å². The lowest BCUT2D eigenvalue weighted by Crippen LogP contribution is -2.04. The molecule has 3 rings (SSSR count). The van der Waals surface area contributed by atoms with E-state index in [2.05, 4.69) is 27.1 Å². The smallest absolute Gasteiger partial charge is 0.416 e. The van der Waals surface area contributed by atoms with Gasteiger partial charge in [-0.05, 0) is 43.3 Å². The van der Waals surface area contributed by atoms with Gasteiger partial charge in [0.25, 0.3) is 0 Å². The lowest BCUT2D eigenvalue weighted by Gasteiger charge is -2.06. The molecule has 154 valence electrons. The van der Waals surface area contributed by atoms with Crippen molar-refractivity contribution in [3.05, 3.63) is 77.1 Å². The van der Waals surface area contributed by atoms with Crippen LogP contribution in [0.3, 0.4) is 0 Å². The maximum absolute atomic E-state index is 12.6. The summed E-state index contributed by atoms with van der Waals surface area (Å²) in [6.07, 6.45) is -1.58. The average Bonchev–Trinajstić information content (AvgIpc) is 3.20. The summed E-state index contributed by atoms with van der Waals surface area (Å²) in [5, 5.41) is 3.03. The Bertz CT molecular complexity index is 1080. The SMILES string of the molecule is CCOC(=O)c1ccc(CNc2ncncc2C#Cc2ccc(C(F)(F)F)cc2)o1. The first-order valence-electron chi connectivity index (χ1n) is 8.86. The number of esters is 1. The van der Waals surface area contributed by atoms with Gasteiger partial charge < -0.3 is 14.5 Å². The molecule has 0 amide bonds. The van der Waals surface area contributed by atoms with Crippen LogP contribution < -0.4 is 5.32 Å². The van der Waals surface area contributed by atoms with Gasteiger partial charge in [0.1, 0.15) is 17.9 Å². The zero-order valence-electron chi connectivity index (χ0n) is 15.8. The van der Waals surface area contributed by atoms with Crippen molar-refractivity contribution < 1.29 is 27.1 Å². The highest BCUT2D eigenvalue weighted by Gasteiger charge is 2.29. The van der Waals surface area contributed by atoms with Gasteiger partial charge in [-0.25, -0.2) is 14.8 Å². The van der Waals surface area contributed by atoms with Gasteiger partial charge in [-0.1, -0.05) is 11.8 Å². The quantitative estimate of drug-likeness (QED) is 0.495. The van der Waals surface area contributed by atoms with Crippen LogP contribution in [-0.2, 0) is 17.5 Å². The standard InChI is InChI=1S/C21H16F3N3O3/c1-2-29-20(28)18-10-9-17(30-18)12-26-19-15(11-25-13-27-19)6-3-14-4-7-16(8-5-14)21(22,23)24/h4-5,7-11,13H,2,12H2,1H3,(H,25,26,27). The summed E-state index contributed by atoms with van der Waals surface area (Å²) in [7, 11) is 0. The molecule has 9 heteroatoms. The Morgan fingerprint density at radius 3 is 2.63 bits per heavy atom. The molecule has 0 saturated carbocycles. The molecular formula is C21H16F3N3O3. The van der Waals surface area contributed by atoms with E-state index < -0.39 is 17.7 Å². The first kappa shape index (κ1) is 20.9. The Labute approximate surface area is 170 Å². The molecule has 0 aliphatic rings. The Morgan fingerprint density at radius 2 is 1.93 bits per heavy atom. The van der Waals surface area contributed by atoms with Gasteiger partial charge in [-0.2, -0.15) is 13.2 Å². The molecule has 30 heavy (non-hydrogen) atoms. The van der Waals surface area contributed by atoms with Crippen molar-refractivity contribution in [1.82, 2.24) is 9.97 Å². The van der Waals surface area contributed by atoms with Gasteiger partial charge in [0.2, 0.25) is 5.76 Å². The van der Waals surface area contributed by atoms with Crippen LogP contribution in [-0.4, -0.2) is 22.5 Å². The fraction of sp³-hybridized carbons (Fsp3) is 0.190. The predicted octanol–water partition coefficient (Wildman–Crippen LogP) is 4.28. The maximum atomic E-state index is 12.6. The predicted molar refractivity (Wildman–Crippen MR) is 101 cm³/mol. The number of carbonyl (C=O) groups is 1. The van der Waals surface area contributed by atoms with E-state index in [1.165, 1.54) is 30.7 Å². The zero-order chi connectivity index (χ0) is 21.6. The van der Waals surface area contributed by atoms with Crippen LogP contribution in [0.1, 0.15) is 39.9 Å². The van der Waals surface area contributed by atoms with Crippen molar-refractivity contribution in [2.75, 3.05) is 11.9 Å². The van der Waals surface area contributed by atoms with Crippen molar-refractivity contribution in [2.24, 2.45) is 0 Å². The van der Waals surface area contributed by atoms with Gasteiger partial charge in [-0.3, -0.25) is 0 Å². The number of carbonyl (C=O) groups excluding carboxylic acids is 1. The molecular weight excluding hydrogens is 399 g/mol. The van der Waals surface area contributed by atoms with Crippen LogP contribution in [0.4, 0.5) is 19.0 Å². The number of alkyl halides is 3. The van der Waals surface area contributed by atoms with Crippen LogP contribution in [0.2, 0.25) is 0 Å². The maximum Gasteiger partial charge on any atom is 0.416 e. The molecule has 0 aliphatic heterocycles. The summed E-state index contributed by atoms with van der Waals surface area (Å²) in [5.41, 5.74) is 0.136. The summed E-state index contributed by atoms with van der Waals surface area (Å²) < 4.78 is 48.2. The van der Waals surface area contributed by atoms with Crippen molar-refractivity contribution >= 4 is 11.8 Å². The molecule has 0 unspecified atom stereocenters. The number of halogens is 3. The minimum atomic E-state index is -4.39. The van der Waals surface area contributed by atoms with Crippen molar-refractivity contribution in [1.29, 1.82) is 0 Å². The van der Waals surface area contributed by atoms with Crippen LogP contribution >= 0.6 is 0 Å². The van der Waals surface area contributed by atoms with E-state index in [-0.39, 0.29) is 18.9 Å². The van der Waals surface area contributed by atoms with Crippen molar-refractivity contribution in [2.45, 2.75) is 19.6 Å². The van der Waals surface area contributed by atoms with Crippen molar-refractivity contribution in [3.63, 3.8) is 0 Å². The third-order valence-electron chi connectivity index (χ3n) is 3.83. The normalized spacial score (nSPS) is 10.8. The lowest BCUT2D eigenvalue weighted by molar-refractivity contribution is -0.137. The summed E-state index contributed by atoms with van der Waals surface area (Å²) in [4.78, 5) is 19.7. The Morgan fingerprint density at radius 1 is 1.17 bits per heavy atom. The molecule has 0 fully saturated rings. The molecule has 1 aromatic carbocycles. The number of anilines is 1. The van der Waals surface area contributed by atoms with Gasteiger partial charge >= 0.3 is 12.1 Å². The Balaban J connectivity index is 1.70. The summed E-state index contributed by atoms with van der Waals surface area (Å²) in [6.45, 7) is 2.17. The van der Waals surface area contributed by atoms with E-state index in [1.54, 1.807) is 13.0 Å². The average molecular weight is 415 g/mol. The molecule has 0 bridgehead atoms. The molecule has 3 aromatic rings. The highest BCUT2D eigenvalue weighted by molar-refractivity contribution is 5.86. The number of rotatable bonds is 5. The highest BCUT2D eigenvalue weighted by atomic mass is 19.4. The van der Waals surface area contributed by atoms with Gasteiger partial charge in [0.05, 0.1) is 24.3 Å². The van der Waals surface area contributed by atoms with Gasteiger partial charge in [0.15, 0.2) is 0 Å². The van der Waals surface area contributed by atoms with Crippen LogP contribution in [0.5, 0.6) is 0 Å². The molecule has 2 heterocycles. The second-order valence-corrected chi connectivity index (χ2v) is 5.95. The molecule has 0 radical (unpaired) electrons. The zero-order valence-corrected chi connectivity index (χ0v) is 15.8. The van der Waals surface area contributed by atoms with Gasteiger partial charge in [0, 0.05) is 11.8 Å². The van der Waals surface area contributed by atoms with E-state index in [9.17, 15) is 18.0 Å². The van der Waals surface area contributed by atoms with E-state index >= 15 is 0 Å². The minimum absolute atomic E-state index is 0.0960. The molecule has 1 N–H and O–H groups in total. The number of aromatic nitrogens is 2.